The fourth-order valence-corrected chi connectivity index (χ4v) is 18.9. The summed E-state index contributed by atoms with van der Waals surface area (Å²) >= 11 is 9.31. The second kappa shape index (κ2) is 22.7. The Morgan fingerprint density at radius 2 is 0.897 bits per heavy atom. The minimum absolute atomic E-state index is 0.0110. The Labute approximate surface area is 380 Å². The van der Waals surface area contributed by atoms with Crippen molar-refractivity contribution in [1.29, 1.82) is 0 Å². The van der Waals surface area contributed by atoms with Crippen LogP contribution >= 0.6 is 68.6 Å². The monoisotopic (exact) mass is 902 g/mol. The van der Waals surface area contributed by atoms with E-state index in [0.717, 1.165) is 71.2 Å². The molecule has 6 rings (SSSR count). The van der Waals surface area contributed by atoms with E-state index < -0.39 is 0 Å². The maximum absolute atomic E-state index is 10.5. The van der Waals surface area contributed by atoms with Crippen molar-refractivity contribution in [3.8, 4) is 11.5 Å². The number of aromatic hydroxyl groups is 2. The van der Waals surface area contributed by atoms with Gasteiger partial charge in [-0.2, -0.15) is 47.0 Å². The molecule has 2 aromatic carbocycles. The average molecular weight is 904 g/mol. The molecular formula is C50H78O2S6. The summed E-state index contributed by atoms with van der Waals surface area (Å²) in [5, 5.41) is 29.0. The maximum atomic E-state index is 10.5. The second-order valence-corrected chi connectivity index (χ2v) is 28.7. The lowest BCUT2D eigenvalue weighted by atomic mass is 9.85. The first kappa shape index (κ1) is 47.6. The van der Waals surface area contributed by atoms with Crippen LogP contribution in [0.2, 0.25) is 0 Å². The van der Waals surface area contributed by atoms with Gasteiger partial charge in [-0.25, -0.2) is 0 Å². The molecule has 0 saturated carbocycles. The van der Waals surface area contributed by atoms with Crippen molar-refractivity contribution in [2.75, 3.05) is 5.75 Å². The largest absolute Gasteiger partial charge is 0.508 e. The molecule has 0 aromatic heterocycles. The topological polar surface area (TPSA) is 40.5 Å². The molecule has 326 valence electrons. The fourth-order valence-electron chi connectivity index (χ4n) is 9.14. The van der Waals surface area contributed by atoms with E-state index in [1.165, 1.54) is 126 Å². The molecule has 58 heavy (non-hydrogen) atoms. The molecule has 2 nitrogen and oxygen atoms in total. The zero-order chi connectivity index (χ0) is 41.3. The lowest BCUT2D eigenvalue weighted by molar-refractivity contribution is 0.445. The molecule has 2 aromatic rings. The van der Waals surface area contributed by atoms with E-state index >= 15 is 0 Å². The molecule has 9 unspecified atom stereocenters. The van der Waals surface area contributed by atoms with E-state index in [0.29, 0.717) is 11.5 Å². The van der Waals surface area contributed by atoms with Crippen LogP contribution < -0.4 is 0 Å². The molecule has 0 aliphatic carbocycles. The first-order valence-corrected chi connectivity index (χ1v) is 29.5. The SMILES string of the molecule is CCCC1SC(CC2CS2)C(CC2SC2CCCCCCCc2ccc(C(C)(C)C)c(O)c2)SSC1CC1SC1CCCCCCCc1ccc(C(C)(C)C)c(O)c1. The lowest BCUT2D eigenvalue weighted by Crippen LogP contribution is -2.27. The summed E-state index contributed by atoms with van der Waals surface area (Å²) < 4.78 is 0. The summed E-state index contributed by atoms with van der Waals surface area (Å²) in [7, 11) is 4.68. The highest BCUT2D eigenvalue weighted by Gasteiger charge is 2.46. The first-order chi connectivity index (χ1) is 27.8. The van der Waals surface area contributed by atoms with Gasteiger partial charge >= 0.3 is 0 Å². The standard InChI is InChI=1S/C50H78O2S6/c1-8-19-41-47(31-45-42(55-45)22-17-13-9-11-15-20-34-24-26-37(39(51)28-34)49(2,3)4)57-58-48(44(54-41)30-36-33-53-36)32-46-43(56-46)23-18-14-10-12-16-21-35-25-27-38(40(52)29-35)50(5,6)7/h24-29,36,41-48,51-52H,8-23,30-33H2,1-7H3. The molecule has 0 spiro atoms. The number of phenolic OH excluding ortho intramolecular Hbond substituents is 2. The van der Waals surface area contributed by atoms with E-state index in [2.05, 4.69) is 141 Å². The Bertz CT molecular complexity index is 1550. The number of unbranched alkanes of at least 4 members (excludes halogenated alkanes) is 8. The highest BCUT2D eigenvalue weighted by molar-refractivity contribution is 8.77. The molecule has 0 bridgehead atoms. The van der Waals surface area contributed by atoms with Gasteiger partial charge in [0.05, 0.1) is 0 Å². The lowest BCUT2D eigenvalue weighted by Gasteiger charge is -2.27. The number of rotatable bonds is 24. The first-order valence-electron chi connectivity index (χ1n) is 23.3. The number of phenols is 2. The molecular weight excluding hydrogens is 825 g/mol. The van der Waals surface area contributed by atoms with Crippen molar-refractivity contribution >= 4 is 68.6 Å². The van der Waals surface area contributed by atoms with Gasteiger partial charge in [0.1, 0.15) is 11.5 Å². The minimum atomic E-state index is -0.0111. The predicted molar refractivity (Wildman–Crippen MR) is 270 cm³/mol. The molecule has 4 heterocycles. The normalized spacial score (nSPS) is 28.4. The third-order valence-corrected chi connectivity index (χ3v) is 22.4. The van der Waals surface area contributed by atoms with Crippen molar-refractivity contribution in [2.45, 2.75) is 229 Å². The Balaban J connectivity index is 0.848. The molecule has 4 saturated heterocycles. The fraction of sp³-hybridized carbons (Fsp3) is 0.760. The van der Waals surface area contributed by atoms with Crippen LogP contribution in [0.5, 0.6) is 11.5 Å². The average Bonchev–Trinajstić information content (AvgIpc) is 4.05. The summed E-state index contributed by atoms with van der Waals surface area (Å²) in [4.78, 5) is 0. The Hall–Kier alpha value is 0.140. The van der Waals surface area contributed by atoms with Crippen LogP contribution in [0, 0.1) is 0 Å². The van der Waals surface area contributed by atoms with E-state index in [1.807, 2.05) is 12.1 Å². The molecule has 4 fully saturated rings. The Morgan fingerprint density at radius 1 is 0.500 bits per heavy atom. The predicted octanol–water partition coefficient (Wildman–Crippen LogP) is 15.8. The van der Waals surface area contributed by atoms with Gasteiger partial charge in [0.25, 0.3) is 0 Å². The van der Waals surface area contributed by atoms with Gasteiger partial charge in [0.2, 0.25) is 0 Å². The molecule has 0 amide bonds. The Kier molecular flexibility index (Phi) is 18.6. The third kappa shape index (κ3) is 15.4. The molecule has 9 atom stereocenters. The van der Waals surface area contributed by atoms with Gasteiger partial charge in [0.15, 0.2) is 0 Å². The van der Waals surface area contributed by atoms with Gasteiger partial charge < -0.3 is 10.2 Å². The highest BCUT2D eigenvalue weighted by atomic mass is 33.1. The van der Waals surface area contributed by atoms with Crippen molar-refractivity contribution < 1.29 is 10.2 Å². The van der Waals surface area contributed by atoms with Crippen molar-refractivity contribution in [3.63, 3.8) is 0 Å². The number of hydrogen-bond donors (Lipinski definition) is 2. The van der Waals surface area contributed by atoms with Crippen LogP contribution in [0.1, 0.15) is 180 Å². The van der Waals surface area contributed by atoms with Crippen molar-refractivity contribution in [3.05, 3.63) is 58.7 Å². The zero-order valence-corrected chi connectivity index (χ0v) is 42.0. The molecule has 2 N–H and O–H groups in total. The van der Waals surface area contributed by atoms with Crippen molar-refractivity contribution in [2.24, 2.45) is 0 Å². The van der Waals surface area contributed by atoms with Crippen molar-refractivity contribution in [1.82, 2.24) is 0 Å². The van der Waals surface area contributed by atoms with Crippen LogP contribution in [-0.2, 0) is 23.7 Å². The van der Waals surface area contributed by atoms with Gasteiger partial charge in [-0.15, -0.1) is 0 Å². The van der Waals surface area contributed by atoms with Crippen LogP contribution in [0.3, 0.4) is 0 Å². The number of benzene rings is 2. The van der Waals surface area contributed by atoms with Gasteiger partial charge in [-0.3, -0.25) is 0 Å². The Morgan fingerprint density at radius 3 is 1.31 bits per heavy atom. The van der Waals surface area contributed by atoms with Gasteiger partial charge in [-0.05, 0) is 109 Å². The quantitative estimate of drug-likeness (QED) is 0.0613. The molecule has 4 aliphatic heterocycles. The molecule has 0 radical (unpaired) electrons. The van der Waals surface area contributed by atoms with Crippen LogP contribution in [0.25, 0.3) is 0 Å². The summed E-state index contributed by atoms with van der Waals surface area (Å²) in [5.74, 6) is 2.34. The number of hydrogen-bond acceptors (Lipinski definition) is 8. The van der Waals surface area contributed by atoms with Gasteiger partial charge in [0, 0.05) is 53.0 Å². The highest BCUT2D eigenvalue weighted by Crippen LogP contribution is 2.58. The number of aryl methyl sites for hydroxylation is 2. The van der Waals surface area contributed by atoms with E-state index in [4.69, 9.17) is 0 Å². The molecule has 4 aliphatic rings. The summed E-state index contributed by atoms with van der Waals surface area (Å²) in [5.41, 5.74) is 4.64. The minimum Gasteiger partial charge on any atom is -0.508 e. The maximum Gasteiger partial charge on any atom is 0.119 e. The van der Waals surface area contributed by atoms with Crippen LogP contribution in [0.4, 0.5) is 0 Å². The van der Waals surface area contributed by atoms with E-state index in [9.17, 15) is 10.2 Å². The summed E-state index contributed by atoms with van der Waals surface area (Å²) in [6.07, 6.45) is 25.4. The van der Waals surface area contributed by atoms with Crippen LogP contribution in [0.15, 0.2) is 36.4 Å². The van der Waals surface area contributed by atoms with Crippen LogP contribution in [-0.4, -0.2) is 63.2 Å². The zero-order valence-electron chi connectivity index (χ0n) is 37.1. The third-order valence-electron chi connectivity index (χ3n) is 12.9. The van der Waals surface area contributed by atoms with E-state index in [-0.39, 0.29) is 10.8 Å². The molecule has 8 heteroatoms. The van der Waals surface area contributed by atoms with E-state index in [1.54, 1.807) is 0 Å². The summed E-state index contributed by atoms with van der Waals surface area (Å²) in [6, 6.07) is 12.7. The smallest absolute Gasteiger partial charge is 0.119 e. The van der Waals surface area contributed by atoms with Gasteiger partial charge in [-0.1, -0.05) is 152 Å². The second-order valence-electron chi connectivity index (χ2n) is 20.2. The number of thioether (sulfide) groups is 4. The summed E-state index contributed by atoms with van der Waals surface area (Å²) in [6.45, 7) is 15.4.